The lowest BCUT2D eigenvalue weighted by atomic mass is 10.1. The third-order valence-corrected chi connectivity index (χ3v) is 3.43. The zero-order chi connectivity index (χ0) is 15.2. The van der Waals surface area contributed by atoms with Gasteiger partial charge in [0.2, 0.25) is 0 Å². The molecule has 2 rings (SSSR count). The van der Waals surface area contributed by atoms with Crippen molar-refractivity contribution >= 4 is 0 Å². The van der Waals surface area contributed by atoms with Crippen molar-refractivity contribution in [3.05, 3.63) is 54.0 Å². The Hall–Kier alpha value is -1.74. The summed E-state index contributed by atoms with van der Waals surface area (Å²) in [6.07, 6.45) is 1.71. The Bertz CT molecular complexity index is 517. The molecule has 3 nitrogen and oxygen atoms in total. The van der Waals surface area contributed by atoms with E-state index in [0.29, 0.717) is 5.92 Å². The van der Waals surface area contributed by atoms with Gasteiger partial charge in [0.15, 0.2) is 0 Å². The lowest BCUT2D eigenvalue weighted by Gasteiger charge is -2.19. The van der Waals surface area contributed by atoms with E-state index >= 15 is 0 Å². The normalized spacial score (nSPS) is 14.1. The summed E-state index contributed by atoms with van der Waals surface area (Å²) in [4.78, 5) is 0. The van der Waals surface area contributed by atoms with Gasteiger partial charge in [-0.15, -0.1) is 0 Å². The third-order valence-electron chi connectivity index (χ3n) is 3.43. The SMILES string of the molecule is CC(C)COc1ccc(C(C)N[C@H](C)c2ccco2)cc1. The lowest BCUT2D eigenvalue weighted by Crippen LogP contribution is -2.22. The summed E-state index contributed by atoms with van der Waals surface area (Å²) in [6, 6.07) is 12.6. The van der Waals surface area contributed by atoms with Gasteiger partial charge in [-0.05, 0) is 49.6 Å². The molecule has 1 unspecified atom stereocenters. The van der Waals surface area contributed by atoms with Crippen molar-refractivity contribution in [1.82, 2.24) is 5.32 Å². The van der Waals surface area contributed by atoms with Gasteiger partial charge in [0, 0.05) is 6.04 Å². The van der Waals surface area contributed by atoms with Gasteiger partial charge in [0.1, 0.15) is 11.5 Å². The first-order valence-electron chi connectivity index (χ1n) is 7.58. The zero-order valence-corrected chi connectivity index (χ0v) is 13.3. The number of rotatable bonds is 7. The van der Waals surface area contributed by atoms with E-state index in [9.17, 15) is 0 Å². The van der Waals surface area contributed by atoms with E-state index in [0.717, 1.165) is 18.1 Å². The molecule has 0 radical (unpaired) electrons. The van der Waals surface area contributed by atoms with E-state index in [2.05, 4.69) is 45.1 Å². The van der Waals surface area contributed by atoms with Gasteiger partial charge < -0.3 is 14.5 Å². The highest BCUT2D eigenvalue weighted by Crippen LogP contribution is 2.22. The lowest BCUT2D eigenvalue weighted by molar-refractivity contribution is 0.271. The summed E-state index contributed by atoms with van der Waals surface area (Å²) in [5.74, 6) is 2.43. The molecule has 1 N–H and O–H groups in total. The molecule has 114 valence electrons. The predicted octanol–water partition coefficient (Wildman–Crippen LogP) is 4.73. The molecule has 0 saturated carbocycles. The molecular weight excluding hydrogens is 262 g/mol. The van der Waals surface area contributed by atoms with Crippen LogP contribution in [-0.2, 0) is 0 Å². The molecule has 0 bridgehead atoms. The fraction of sp³-hybridized carbons (Fsp3) is 0.444. The van der Waals surface area contributed by atoms with Crippen molar-refractivity contribution in [2.24, 2.45) is 5.92 Å². The van der Waals surface area contributed by atoms with Crippen molar-refractivity contribution in [3.63, 3.8) is 0 Å². The molecule has 1 heterocycles. The molecule has 0 aliphatic carbocycles. The quantitative estimate of drug-likeness (QED) is 0.799. The summed E-state index contributed by atoms with van der Waals surface area (Å²) >= 11 is 0. The van der Waals surface area contributed by atoms with Crippen LogP contribution >= 0.6 is 0 Å². The van der Waals surface area contributed by atoms with Crippen molar-refractivity contribution in [2.75, 3.05) is 6.61 Å². The summed E-state index contributed by atoms with van der Waals surface area (Å²) in [5, 5.41) is 3.53. The Balaban J connectivity index is 1.91. The number of nitrogens with one attached hydrogen (secondary N) is 1. The summed E-state index contributed by atoms with van der Waals surface area (Å²) in [5.41, 5.74) is 1.24. The van der Waals surface area contributed by atoms with E-state index in [-0.39, 0.29) is 12.1 Å². The van der Waals surface area contributed by atoms with E-state index in [1.165, 1.54) is 5.56 Å². The molecule has 2 atom stereocenters. The van der Waals surface area contributed by atoms with Gasteiger partial charge in [-0.3, -0.25) is 0 Å². The van der Waals surface area contributed by atoms with Crippen molar-refractivity contribution < 1.29 is 9.15 Å². The van der Waals surface area contributed by atoms with Gasteiger partial charge in [0.05, 0.1) is 18.9 Å². The minimum Gasteiger partial charge on any atom is -0.493 e. The summed E-state index contributed by atoms with van der Waals surface area (Å²) in [6.45, 7) is 9.31. The topological polar surface area (TPSA) is 34.4 Å². The van der Waals surface area contributed by atoms with Crippen molar-refractivity contribution in [1.29, 1.82) is 0 Å². The second-order valence-corrected chi connectivity index (χ2v) is 5.90. The monoisotopic (exact) mass is 287 g/mol. The van der Waals surface area contributed by atoms with Gasteiger partial charge in [-0.1, -0.05) is 26.0 Å². The molecule has 21 heavy (non-hydrogen) atoms. The Kier molecular flexibility index (Phi) is 5.45. The van der Waals surface area contributed by atoms with Crippen LogP contribution in [0.1, 0.15) is 51.1 Å². The maximum absolute atomic E-state index is 5.71. The van der Waals surface area contributed by atoms with Crippen LogP contribution in [0.5, 0.6) is 5.75 Å². The minimum atomic E-state index is 0.187. The molecular formula is C18H25NO2. The predicted molar refractivity (Wildman–Crippen MR) is 85.4 cm³/mol. The molecule has 0 aliphatic heterocycles. The van der Waals surface area contributed by atoms with Crippen LogP contribution in [0.4, 0.5) is 0 Å². The number of hydrogen-bond donors (Lipinski definition) is 1. The molecule has 0 aliphatic rings. The van der Waals surface area contributed by atoms with Crippen LogP contribution < -0.4 is 10.1 Å². The minimum absolute atomic E-state index is 0.187. The first kappa shape index (κ1) is 15.6. The highest BCUT2D eigenvalue weighted by atomic mass is 16.5. The van der Waals surface area contributed by atoms with E-state index in [1.807, 2.05) is 24.3 Å². The maximum atomic E-state index is 5.71. The first-order valence-corrected chi connectivity index (χ1v) is 7.58. The van der Waals surface area contributed by atoms with Gasteiger partial charge in [0.25, 0.3) is 0 Å². The van der Waals surface area contributed by atoms with Crippen LogP contribution in [0.25, 0.3) is 0 Å². The Labute approximate surface area is 127 Å². The standard InChI is InChI=1S/C18H25NO2/c1-13(2)12-21-17-9-7-16(8-10-17)14(3)19-15(4)18-6-5-11-20-18/h5-11,13-15,19H,12H2,1-4H3/t14?,15-/m1/s1. The second-order valence-electron chi connectivity index (χ2n) is 5.90. The first-order chi connectivity index (χ1) is 10.1. The van der Waals surface area contributed by atoms with Crippen LogP contribution in [0.2, 0.25) is 0 Å². The zero-order valence-electron chi connectivity index (χ0n) is 13.3. The fourth-order valence-corrected chi connectivity index (χ4v) is 2.21. The number of ether oxygens (including phenoxy) is 1. The van der Waals surface area contributed by atoms with E-state index in [4.69, 9.17) is 9.15 Å². The molecule has 1 aromatic carbocycles. The molecule has 0 saturated heterocycles. The van der Waals surface area contributed by atoms with Crippen LogP contribution in [0, 0.1) is 5.92 Å². The maximum Gasteiger partial charge on any atom is 0.120 e. The van der Waals surface area contributed by atoms with Crippen molar-refractivity contribution in [2.45, 2.75) is 39.8 Å². The highest BCUT2D eigenvalue weighted by molar-refractivity contribution is 5.29. The summed E-state index contributed by atoms with van der Waals surface area (Å²) < 4.78 is 11.1. The van der Waals surface area contributed by atoms with Crippen LogP contribution in [0.3, 0.4) is 0 Å². The average molecular weight is 287 g/mol. The largest absolute Gasteiger partial charge is 0.493 e. The molecule has 1 aromatic heterocycles. The number of benzene rings is 1. The number of hydrogen-bond acceptors (Lipinski definition) is 3. The molecule has 3 heteroatoms. The second kappa shape index (κ2) is 7.32. The van der Waals surface area contributed by atoms with Crippen molar-refractivity contribution in [3.8, 4) is 5.75 Å². The summed E-state index contributed by atoms with van der Waals surface area (Å²) in [7, 11) is 0. The van der Waals surface area contributed by atoms with Crippen LogP contribution in [0.15, 0.2) is 47.1 Å². The molecule has 0 fully saturated rings. The van der Waals surface area contributed by atoms with E-state index in [1.54, 1.807) is 6.26 Å². The highest BCUT2D eigenvalue weighted by Gasteiger charge is 2.13. The Morgan fingerprint density at radius 3 is 2.29 bits per heavy atom. The third kappa shape index (κ3) is 4.64. The van der Waals surface area contributed by atoms with Gasteiger partial charge in [-0.2, -0.15) is 0 Å². The average Bonchev–Trinajstić information content (AvgIpc) is 3.00. The Morgan fingerprint density at radius 1 is 1.00 bits per heavy atom. The van der Waals surface area contributed by atoms with Crippen LogP contribution in [-0.4, -0.2) is 6.61 Å². The van der Waals surface area contributed by atoms with Gasteiger partial charge in [-0.25, -0.2) is 0 Å². The smallest absolute Gasteiger partial charge is 0.120 e. The molecule has 0 amide bonds. The molecule has 2 aromatic rings. The van der Waals surface area contributed by atoms with E-state index < -0.39 is 0 Å². The fourth-order valence-electron chi connectivity index (χ4n) is 2.21. The Morgan fingerprint density at radius 2 is 1.71 bits per heavy atom. The molecule has 0 spiro atoms. The number of furan rings is 1. The van der Waals surface area contributed by atoms with Gasteiger partial charge >= 0.3 is 0 Å².